The molecule has 1 aromatic carbocycles. The van der Waals surface area contributed by atoms with Gasteiger partial charge in [0.15, 0.2) is 11.4 Å². The number of likely N-dealkylation sites (tertiary alicyclic amines) is 1. The van der Waals surface area contributed by atoms with E-state index in [0.717, 1.165) is 50.0 Å². The van der Waals surface area contributed by atoms with E-state index in [1.165, 1.54) is 6.07 Å². The molecule has 3 aliphatic carbocycles. The van der Waals surface area contributed by atoms with Crippen molar-refractivity contribution in [1.29, 1.82) is 0 Å². The first kappa shape index (κ1) is 24.0. The first-order chi connectivity index (χ1) is 17.7. The van der Waals surface area contributed by atoms with Gasteiger partial charge in [-0.25, -0.2) is 0 Å². The highest BCUT2D eigenvalue weighted by Crippen LogP contribution is 2.54. The average Bonchev–Trinajstić information content (AvgIpc) is 3.56. The Bertz CT molecular complexity index is 1290. The number of amides is 1. The lowest BCUT2D eigenvalue weighted by atomic mass is 9.57. The summed E-state index contributed by atoms with van der Waals surface area (Å²) in [5.74, 6) is -6.10. The zero-order chi connectivity index (χ0) is 26.2. The van der Waals surface area contributed by atoms with Gasteiger partial charge < -0.3 is 31.1 Å². The molecule has 4 unspecified atom stereocenters. The summed E-state index contributed by atoms with van der Waals surface area (Å²) in [7, 11) is 0. The quantitative estimate of drug-likeness (QED) is 0.375. The van der Waals surface area contributed by atoms with Crippen molar-refractivity contribution in [2.45, 2.75) is 50.2 Å². The summed E-state index contributed by atoms with van der Waals surface area (Å²) < 4.78 is 0. The van der Waals surface area contributed by atoms with Crippen molar-refractivity contribution in [2.75, 3.05) is 31.1 Å². The summed E-state index contributed by atoms with van der Waals surface area (Å²) in [4.78, 5) is 43.8. The molecule has 6 rings (SSSR count). The number of fused-ring (bicyclic) bond motifs is 3. The molecule has 196 valence electrons. The Balaban J connectivity index is 1.53. The highest BCUT2D eigenvalue weighted by Gasteiger charge is 2.64. The molecule has 3 fully saturated rings. The molecule has 0 radical (unpaired) electrons. The maximum atomic E-state index is 14.0. The first-order valence-corrected chi connectivity index (χ1v) is 13.0. The molecule has 10 nitrogen and oxygen atoms in total. The molecule has 0 bridgehead atoms. The smallest absolute Gasteiger partial charge is 0.255 e. The number of rotatable bonds is 3. The van der Waals surface area contributed by atoms with Gasteiger partial charge in [0.1, 0.15) is 22.8 Å². The van der Waals surface area contributed by atoms with Crippen LogP contribution in [-0.4, -0.2) is 80.6 Å². The van der Waals surface area contributed by atoms with Crippen LogP contribution in [0.4, 0.5) is 5.69 Å². The number of phenolic OH excluding ortho intramolecular Hbond substituents is 1. The third kappa shape index (κ3) is 3.21. The Morgan fingerprint density at radius 2 is 1.65 bits per heavy atom. The van der Waals surface area contributed by atoms with Crippen LogP contribution in [-0.2, 0) is 20.8 Å². The van der Waals surface area contributed by atoms with Crippen LogP contribution < -0.4 is 10.6 Å². The molecule has 2 heterocycles. The molecule has 1 saturated carbocycles. The first-order valence-electron chi connectivity index (χ1n) is 13.0. The second-order valence-electron chi connectivity index (χ2n) is 10.9. The van der Waals surface area contributed by atoms with Crippen LogP contribution in [0.2, 0.25) is 0 Å². The molecule has 37 heavy (non-hydrogen) atoms. The fraction of sp³-hybridized carbons (Fsp3) is 0.519. The molecule has 0 spiro atoms. The summed E-state index contributed by atoms with van der Waals surface area (Å²) >= 11 is 0. The largest absolute Gasteiger partial charge is 0.508 e. The van der Waals surface area contributed by atoms with Crippen LogP contribution >= 0.6 is 0 Å². The van der Waals surface area contributed by atoms with E-state index in [-0.39, 0.29) is 23.3 Å². The van der Waals surface area contributed by atoms with Crippen molar-refractivity contribution in [2.24, 2.45) is 17.6 Å². The highest BCUT2D eigenvalue weighted by atomic mass is 16.3. The molecule has 6 N–H and O–H groups in total. The number of aliphatic hydroxyl groups excluding tert-OH is 2. The van der Waals surface area contributed by atoms with Crippen molar-refractivity contribution < 1.29 is 34.8 Å². The number of hydrogen-bond acceptors (Lipinski definition) is 9. The van der Waals surface area contributed by atoms with E-state index in [1.807, 2.05) is 11.0 Å². The SMILES string of the molecule is NC(=O)C1=C(O)C2(O)C(=O)C3=C(O)c4c(O)ccc(N5CCCC5)c4CC3CC2C(N2CCCC2)C1=O. The monoisotopic (exact) mass is 509 g/mol. The number of hydrogen-bond donors (Lipinski definition) is 5. The van der Waals surface area contributed by atoms with E-state index in [1.54, 1.807) is 0 Å². The third-order valence-corrected chi connectivity index (χ3v) is 9.00. The predicted molar refractivity (Wildman–Crippen MR) is 133 cm³/mol. The van der Waals surface area contributed by atoms with Crippen LogP contribution in [0.1, 0.15) is 43.2 Å². The number of primary amides is 1. The van der Waals surface area contributed by atoms with Gasteiger partial charge in [0.05, 0.1) is 11.6 Å². The molecule has 2 aliphatic heterocycles. The lowest BCUT2D eigenvalue weighted by molar-refractivity contribution is -0.154. The van der Waals surface area contributed by atoms with Gasteiger partial charge in [0.25, 0.3) is 5.91 Å². The number of nitrogens with zero attached hydrogens (tertiary/aromatic N) is 2. The van der Waals surface area contributed by atoms with Crippen molar-refractivity contribution in [3.63, 3.8) is 0 Å². The fourth-order valence-electron chi connectivity index (χ4n) is 7.33. The minimum absolute atomic E-state index is 0.106. The molecular weight excluding hydrogens is 478 g/mol. The summed E-state index contributed by atoms with van der Waals surface area (Å²) in [6, 6.07) is 2.31. The Morgan fingerprint density at radius 3 is 2.30 bits per heavy atom. The molecular formula is C27H31N3O7. The second kappa shape index (κ2) is 8.32. The maximum absolute atomic E-state index is 14.0. The van der Waals surface area contributed by atoms with Crippen LogP contribution in [0.5, 0.6) is 5.75 Å². The summed E-state index contributed by atoms with van der Waals surface area (Å²) in [6.07, 6.45) is 4.16. The van der Waals surface area contributed by atoms with Crippen LogP contribution in [0.25, 0.3) is 5.76 Å². The highest BCUT2D eigenvalue weighted by molar-refractivity contribution is 6.24. The van der Waals surface area contributed by atoms with Crippen LogP contribution in [0.3, 0.4) is 0 Å². The standard InChI is InChI=1S/C27H31N3O7/c28-26(36)20-23(33)21(30-9-3-4-10-30)15-12-13-11-14-16(29-7-1-2-8-29)5-6-17(31)19(14)22(32)18(13)24(34)27(15,37)25(20)35/h5-6,13,15,21,31-32,35,37H,1-4,7-12H2,(H2,28,36). The third-order valence-electron chi connectivity index (χ3n) is 9.00. The summed E-state index contributed by atoms with van der Waals surface area (Å²) in [5.41, 5.74) is 3.73. The Hall–Kier alpha value is -3.37. The van der Waals surface area contributed by atoms with Gasteiger partial charge in [0, 0.05) is 30.3 Å². The maximum Gasteiger partial charge on any atom is 0.255 e. The van der Waals surface area contributed by atoms with Gasteiger partial charge in [-0.05, 0) is 75.2 Å². The number of anilines is 1. The fourth-order valence-corrected chi connectivity index (χ4v) is 7.33. The van der Waals surface area contributed by atoms with Gasteiger partial charge in [-0.3, -0.25) is 19.3 Å². The Labute approximate surface area is 213 Å². The van der Waals surface area contributed by atoms with Crippen molar-refractivity contribution in [3.8, 4) is 5.75 Å². The molecule has 2 saturated heterocycles. The van der Waals surface area contributed by atoms with E-state index in [0.29, 0.717) is 19.5 Å². The number of aromatic hydroxyl groups is 1. The number of aliphatic hydroxyl groups is 3. The zero-order valence-electron chi connectivity index (χ0n) is 20.4. The number of benzene rings is 1. The van der Waals surface area contributed by atoms with E-state index in [2.05, 4.69) is 4.90 Å². The average molecular weight is 510 g/mol. The van der Waals surface area contributed by atoms with E-state index < -0.39 is 58.0 Å². The lowest BCUT2D eigenvalue weighted by Crippen LogP contribution is -2.66. The lowest BCUT2D eigenvalue weighted by Gasteiger charge is -2.50. The number of ketones is 2. The van der Waals surface area contributed by atoms with E-state index >= 15 is 0 Å². The summed E-state index contributed by atoms with van der Waals surface area (Å²) in [6.45, 7) is 2.80. The van der Waals surface area contributed by atoms with Crippen LogP contribution in [0, 0.1) is 11.8 Å². The second-order valence-corrected chi connectivity index (χ2v) is 10.9. The number of phenols is 1. The van der Waals surface area contributed by atoms with Crippen molar-refractivity contribution in [3.05, 3.63) is 40.2 Å². The van der Waals surface area contributed by atoms with Crippen molar-refractivity contribution in [1.82, 2.24) is 4.90 Å². The Morgan fingerprint density at radius 1 is 1.00 bits per heavy atom. The minimum atomic E-state index is -2.59. The molecule has 10 heteroatoms. The van der Waals surface area contributed by atoms with Crippen molar-refractivity contribution >= 4 is 28.9 Å². The van der Waals surface area contributed by atoms with Gasteiger partial charge in [-0.1, -0.05) is 0 Å². The number of carbonyl (C=O) groups excluding carboxylic acids is 3. The van der Waals surface area contributed by atoms with E-state index in [4.69, 9.17) is 5.73 Å². The molecule has 1 amide bonds. The zero-order valence-corrected chi connectivity index (χ0v) is 20.4. The number of Topliss-reactive ketones (excluding diaryl/α,β-unsaturated/α-hetero) is 2. The number of nitrogens with two attached hydrogens (primary N) is 1. The molecule has 1 aromatic rings. The number of carbonyl (C=O) groups is 3. The topological polar surface area (TPSA) is 165 Å². The van der Waals surface area contributed by atoms with Gasteiger partial charge in [-0.2, -0.15) is 0 Å². The summed E-state index contributed by atoms with van der Waals surface area (Å²) in [5, 5.41) is 44.9. The molecule has 0 aromatic heterocycles. The molecule has 5 aliphatic rings. The van der Waals surface area contributed by atoms with Gasteiger partial charge in [0.2, 0.25) is 5.78 Å². The Kier molecular flexibility index (Phi) is 5.40. The minimum Gasteiger partial charge on any atom is -0.508 e. The normalized spacial score (nSPS) is 32.0. The predicted octanol–water partition coefficient (Wildman–Crippen LogP) is 1.10. The molecule has 4 atom stereocenters. The van der Waals surface area contributed by atoms with E-state index in [9.17, 15) is 34.8 Å². The van der Waals surface area contributed by atoms with Gasteiger partial charge in [-0.15, -0.1) is 0 Å². The van der Waals surface area contributed by atoms with Gasteiger partial charge >= 0.3 is 0 Å². The van der Waals surface area contributed by atoms with Crippen LogP contribution in [0.15, 0.2) is 29.0 Å².